The van der Waals surface area contributed by atoms with E-state index in [1.807, 2.05) is 11.2 Å². The van der Waals surface area contributed by atoms with E-state index in [0.29, 0.717) is 13.2 Å². The molecule has 10 heteroatoms. The van der Waals surface area contributed by atoms with Crippen LogP contribution in [0.4, 0.5) is 4.79 Å². The average molecular weight is 424 g/mol. The summed E-state index contributed by atoms with van der Waals surface area (Å²) in [6, 6.07) is -0.00164. The Morgan fingerprint density at radius 1 is 1.23 bits per heavy atom. The smallest absolute Gasteiger partial charge is 0.344 e. The minimum absolute atomic E-state index is 0. The van der Waals surface area contributed by atoms with Gasteiger partial charge in [0.1, 0.15) is 5.82 Å². The molecule has 0 bridgehead atoms. The van der Waals surface area contributed by atoms with Crippen LogP contribution in [0, 0.1) is 0 Å². The van der Waals surface area contributed by atoms with E-state index in [1.54, 1.807) is 4.57 Å². The maximum absolute atomic E-state index is 12.8. The van der Waals surface area contributed by atoms with Crippen LogP contribution in [0.25, 0.3) is 0 Å². The zero-order valence-corrected chi connectivity index (χ0v) is 18.9. The van der Waals surface area contributed by atoms with Crippen molar-refractivity contribution >= 4 is 39.2 Å². The molecule has 1 aromatic heterocycles. The number of rotatable bonds is 4. The molecule has 0 unspecified atom stereocenters. The van der Waals surface area contributed by atoms with Crippen molar-refractivity contribution in [3.63, 3.8) is 0 Å². The van der Waals surface area contributed by atoms with Crippen molar-refractivity contribution in [3.8, 4) is 0 Å². The summed E-state index contributed by atoms with van der Waals surface area (Å²) in [6.45, 7) is 15.6. The lowest BCUT2D eigenvalue weighted by Gasteiger charge is -2.36. The summed E-state index contributed by atoms with van der Waals surface area (Å²) in [5, 5.41) is 7.43. The number of amides is 1. The third kappa shape index (κ3) is 4.43. The molecule has 0 radical (unpaired) electrons. The van der Waals surface area contributed by atoms with Crippen molar-refractivity contribution in [2.24, 2.45) is 0 Å². The van der Waals surface area contributed by atoms with E-state index < -0.39 is 8.32 Å². The van der Waals surface area contributed by atoms with Crippen molar-refractivity contribution in [3.05, 3.63) is 17.7 Å². The summed E-state index contributed by atoms with van der Waals surface area (Å²) >= 11 is 0. The molecule has 2 aliphatic rings. The molecule has 150 valence electrons. The molecule has 1 N–H and O–H groups in total. The van der Waals surface area contributed by atoms with Gasteiger partial charge in [-0.1, -0.05) is 20.8 Å². The van der Waals surface area contributed by atoms with Gasteiger partial charge in [0, 0.05) is 26.2 Å². The van der Waals surface area contributed by atoms with Gasteiger partial charge in [0.25, 0.3) is 0 Å². The fraction of sp³-hybridized carbons (Fsp3) is 0.750. The highest BCUT2D eigenvalue weighted by Gasteiger charge is 2.39. The van der Waals surface area contributed by atoms with Crippen molar-refractivity contribution in [1.82, 2.24) is 24.9 Å². The van der Waals surface area contributed by atoms with E-state index in [-0.39, 0.29) is 35.9 Å². The molecule has 0 aromatic carbocycles. The molecule has 7 nitrogen and oxygen atoms in total. The predicted molar refractivity (Wildman–Crippen MR) is 109 cm³/mol. The Labute approximate surface area is 169 Å². The highest BCUT2D eigenvalue weighted by Crippen LogP contribution is 2.37. The SMILES string of the molecule is CC(C)(C)[Si](C)(C)OCc1ncc2n1C(=O)N(N1CCNCC1)C2.Cl.Cl. The van der Waals surface area contributed by atoms with Crippen molar-refractivity contribution < 1.29 is 9.22 Å². The van der Waals surface area contributed by atoms with Gasteiger partial charge in [0.2, 0.25) is 0 Å². The second-order valence-electron chi connectivity index (χ2n) is 8.09. The summed E-state index contributed by atoms with van der Waals surface area (Å²) in [4.78, 5) is 17.3. The summed E-state index contributed by atoms with van der Waals surface area (Å²) in [5.74, 6) is 0.720. The number of nitrogens with zero attached hydrogens (tertiary/aromatic N) is 4. The van der Waals surface area contributed by atoms with Crippen molar-refractivity contribution in [2.75, 3.05) is 26.2 Å². The Balaban J connectivity index is 0.00000169. The van der Waals surface area contributed by atoms with Gasteiger partial charge in [0.05, 0.1) is 25.0 Å². The fourth-order valence-corrected chi connectivity index (χ4v) is 3.71. The lowest BCUT2D eigenvalue weighted by molar-refractivity contribution is 0.00777. The third-order valence-corrected chi connectivity index (χ3v) is 9.91. The summed E-state index contributed by atoms with van der Waals surface area (Å²) < 4.78 is 7.99. The normalized spacial score (nSPS) is 18.3. The highest BCUT2D eigenvalue weighted by molar-refractivity contribution is 6.74. The van der Waals surface area contributed by atoms with Crippen LogP contribution in [0.5, 0.6) is 0 Å². The number of halogens is 2. The van der Waals surface area contributed by atoms with Crippen LogP contribution in [-0.2, 0) is 17.6 Å². The van der Waals surface area contributed by atoms with E-state index >= 15 is 0 Å². The molecule has 2 aliphatic heterocycles. The Bertz CT molecular complexity index is 627. The van der Waals surface area contributed by atoms with Gasteiger partial charge in [-0.15, -0.1) is 24.8 Å². The Morgan fingerprint density at radius 3 is 2.42 bits per heavy atom. The average Bonchev–Trinajstić information content (AvgIpc) is 3.06. The standard InChI is InChI=1S/C16H29N5O2Si.2ClH/c1-16(2,3)24(4,5)23-12-14-18-10-13-11-20(15(22)21(13)14)19-8-6-17-7-9-19;;/h10,17H,6-9,11-12H2,1-5H3;2*1H. The number of hydrogen-bond acceptors (Lipinski definition) is 5. The second-order valence-corrected chi connectivity index (χ2v) is 12.9. The van der Waals surface area contributed by atoms with E-state index in [0.717, 1.165) is 37.7 Å². The minimum Gasteiger partial charge on any atom is -0.409 e. The minimum atomic E-state index is -1.86. The maximum Gasteiger partial charge on any atom is 0.344 e. The van der Waals surface area contributed by atoms with Crippen LogP contribution >= 0.6 is 24.8 Å². The van der Waals surface area contributed by atoms with Crippen LogP contribution in [0.1, 0.15) is 32.3 Å². The molecule has 0 aliphatic carbocycles. The topological polar surface area (TPSA) is 62.6 Å². The Hall–Kier alpha value is -0.643. The van der Waals surface area contributed by atoms with Gasteiger partial charge in [0.15, 0.2) is 8.32 Å². The first-order chi connectivity index (χ1) is 11.2. The van der Waals surface area contributed by atoms with Gasteiger partial charge in [-0.3, -0.25) is 5.01 Å². The first-order valence-corrected chi connectivity index (χ1v) is 11.6. The van der Waals surface area contributed by atoms with Crippen LogP contribution in [0.2, 0.25) is 18.1 Å². The number of imidazole rings is 1. The number of nitrogens with one attached hydrogen (secondary N) is 1. The van der Waals surface area contributed by atoms with Crippen LogP contribution in [0.3, 0.4) is 0 Å². The lowest BCUT2D eigenvalue weighted by Crippen LogP contribution is -2.52. The molecular weight excluding hydrogens is 393 g/mol. The summed E-state index contributed by atoms with van der Waals surface area (Å²) in [7, 11) is -1.86. The zero-order valence-electron chi connectivity index (χ0n) is 16.2. The lowest BCUT2D eigenvalue weighted by atomic mass is 10.2. The van der Waals surface area contributed by atoms with Gasteiger partial charge in [-0.2, -0.15) is 0 Å². The Morgan fingerprint density at radius 2 is 1.85 bits per heavy atom. The van der Waals surface area contributed by atoms with Crippen LogP contribution in [-0.4, -0.2) is 60.1 Å². The number of fused-ring (bicyclic) bond motifs is 1. The van der Waals surface area contributed by atoms with Crippen molar-refractivity contribution in [1.29, 1.82) is 0 Å². The van der Waals surface area contributed by atoms with Crippen LogP contribution < -0.4 is 5.32 Å². The predicted octanol–water partition coefficient (Wildman–Crippen LogP) is 2.85. The Kier molecular flexibility index (Phi) is 7.72. The first-order valence-electron chi connectivity index (χ1n) is 8.67. The van der Waals surface area contributed by atoms with E-state index in [2.05, 4.69) is 49.2 Å². The molecule has 1 amide bonds. The van der Waals surface area contributed by atoms with Crippen molar-refractivity contribution in [2.45, 2.75) is 52.1 Å². The molecule has 1 aromatic rings. The van der Waals surface area contributed by atoms with Crippen LogP contribution in [0.15, 0.2) is 6.20 Å². The number of piperazine rings is 1. The highest BCUT2D eigenvalue weighted by atomic mass is 35.5. The molecule has 3 heterocycles. The third-order valence-electron chi connectivity index (χ3n) is 5.43. The van der Waals surface area contributed by atoms with Gasteiger partial charge in [-0.25, -0.2) is 19.4 Å². The molecule has 3 rings (SSSR count). The van der Waals surface area contributed by atoms with E-state index in [1.165, 1.54) is 0 Å². The number of carbonyl (C=O) groups excluding carboxylic acids is 1. The molecule has 0 spiro atoms. The van der Waals surface area contributed by atoms with Gasteiger partial charge >= 0.3 is 6.03 Å². The molecule has 0 saturated carbocycles. The van der Waals surface area contributed by atoms with E-state index in [9.17, 15) is 4.79 Å². The zero-order chi connectivity index (χ0) is 17.5. The quantitative estimate of drug-likeness (QED) is 0.754. The molecule has 1 fully saturated rings. The maximum atomic E-state index is 12.8. The first kappa shape index (κ1) is 23.4. The number of carbonyl (C=O) groups is 1. The van der Waals surface area contributed by atoms with Gasteiger partial charge < -0.3 is 9.74 Å². The fourth-order valence-electron chi connectivity index (χ4n) is 2.79. The molecule has 1 saturated heterocycles. The van der Waals surface area contributed by atoms with Gasteiger partial charge in [-0.05, 0) is 18.1 Å². The summed E-state index contributed by atoms with van der Waals surface area (Å²) in [6.07, 6.45) is 1.81. The number of hydrogen-bond donors (Lipinski definition) is 1. The largest absolute Gasteiger partial charge is 0.409 e. The molecule has 0 atom stereocenters. The monoisotopic (exact) mass is 423 g/mol. The van der Waals surface area contributed by atoms with E-state index in [4.69, 9.17) is 4.43 Å². The molecule has 26 heavy (non-hydrogen) atoms. The summed E-state index contributed by atoms with van der Waals surface area (Å²) in [5.41, 5.74) is 0.951. The second kappa shape index (κ2) is 8.58. The number of aromatic nitrogens is 2. The number of hydrazine groups is 1. The molecular formula is C16H31Cl2N5O2Si.